The summed E-state index contributed by atoms with van der Waals surface area (Å²) in [6, 6.07) is 12.2. The van der Waals surface area contributed by atoms with Crippen LogP contribution >= 0.6 is 11.6 Å². The molecule has 0 spiro atoms. The Hall–Kier alpha value is -2.40. The first kappa shape index (κ1) is 13.6. The zero-order valence-corrected chi connectivity index (χ0v) is 11.8. The lowest BCUT2D eigenvalue weighted by Gasteiger charge is -2.08. The highest BCUT2D eigenvalue weighted by molar-refractivity contribution is 6.30. The van der Waals surface area contributed by atoms with E-state index in [9.17, 15) is 4.39 Å². The topological polar surface area (TPSA) is 42.7 Å². The molecule has 0 radical (unpaired) electrons. The predicted octanol–water partition coefficient (Wildman–Crippen LogP) is 3.67. The summed E-state index contributed by atoms with van der Waals surface area (Å²) in [6.07, 6.45) is 3.12. The van der Waals surface area contributed by atoms with Crippen molar-refractivity contribution in [2.75, 3.05) is 5.32 Å². The second kappa shape index (κ2) is 5.93. The van der Waals surface area contributed by atoms with Gasteiger partial charge >= 0.3 is 0 Å². The predicted molar refractivity (Wildman–Crippen MR) is 80.1 cm³/mol. The number of hydrogen-bond acceptors (Lipinski definition) is 3. The number of nitrogens with one attached hydrogen (secondary N) is 1. The normalized spacial score (nSPS) is 10.6. The molecule has 1 aromatic heterocycles. The van der Waals surface area contributed by atoms with Gasteiger partial charge in [-0.1, -0.05) is 11.6 Å². The molecule has 3 rings (SSSR count). The van der Waals surface area contributed by atoms with Gasteiger partial charge in [0, 0.05) is 17.3 Å². The first-order valence-corrected chi connectivity index (χ1v) is 6.72. The van der Waals surface area contributed by atoms with E-state index in [2.05, 4.69) is 15.4 Å². The van der Waals surface area contributed by atoms with E-state index in [-0.39, 0.29) is 5.82 Å². The maximum atomic E-state index is 13.2. The summed E-state index contributed by atoms with van der Waals surface area (Å²) in [6.45, 7) is 0.500. The minimum atomic E-state index is -0.333. The number of benzene rings is 2. The van der Waals surface area contributed by atoms with Gasteiger partial charge in [-0.3, -0.25) is 0 Å². The molecule has 21 heavy (non-hydrogen) atoms. The lowest BCUT2D eigenvalue weighted by Crippen LogP contribution is -2.00. The lowest BCUT2D eigenvalue weighted by atomic mass is 10.2. The Morgan fingerprint density at radius 1 is 1.14 bits per heavy atom. The highest BCUT2D eigenvalue weighted by Gasteiger charge is 2.01. The zero-order valence-electron chi connectivity index (χ0n) is 11.0. The van der Waals surface area contributed by atoms with Gasteiger partial charge in [0.25, 0.3) is 0 Å². The lowest BCUT2D eigenvalue weighted by molar-refractivity contribution is 0.626. The Balaban J connectivity index is 1.68. The molecule has 4 nitrogen and oxygen atoms in total. The van der Waals surface area contributed by atoms with E-state index in [1.165, 1.54) is 18.5 Å². The highest BCUT2D eigenvalue weighted by atomic mass is 35.5. The van der Waals surface area contributed by atoms with Crippen LogP contribution in [0, 0.1) is 5.82 Å². The van der Waals surface area contributed by atoms with Crippen LogP contribution in [0.3, 0.4) is 0 Å². The van der Waals surface area contributed by atoms with Crippen LogP contribution in [-0.4, -0.2) is 14.8 Å². The third-order valence-corrected chi connectivity index (χ3v) is 3.19. The molecule has 0 unspecified atom stereocenters. The highest BCUT2D eigenvalue weighted by Crippen LogP contribution is 2.17. The van der Waals surface area contributed by atoms with Gasteiger partial charge in [0.2, 0.25) is 0 Å². The number of hydrogen-bond donors (Lipinski definition) is 1. The summed E-state index contributed by atoms with van der Waals surface area (Å²) >= 11 is 5.83. The molecule has 0 bridgehead atoms. The van der Waals surface area contributed by atoms with E-state index in [1.807, 2.05) is 24.3 Å². The van der Waals surface area contributed by atoms with Crippen LogP contribution in [-0.2, 0) is 6.54 Å². The average Bonchev–Trinajstić information content (AvgIpc) is 2.99. The third kappa shape index (κ3) is 3.38. The van der Waals surface area contributed by atoms with Gasteiger partial charge in [-0.25, -0.2) is 14.1 Å². The SMILES string of the molecule is Fc1cc(Cl)cc(CNc2ccc(-n3cncn3)cc2)c1. The fourth-order valence-electron chi connectivity index (χ4n) is 1.99. The van der Waals surface area contributed by atoms with Crippen LogP contribution in [0.2, 0.25) is 5.02 Å². The molecule has 0 fully saturated rings. The summed E-state index contributed by atoms with van der Waals surface area (Å²) in [5, 5.41) is 7.67. The summed E-state index contributed by atoms with van der Waals surface area (Å²) in [7, 11) is 0. The van der Waals surface area contributed by atoms with Gasteiger partial charge in [0.15, 0.2) is 0 Å². The second-order valence-electron chi connectivity index (χ2n) is 4.52. The minimum Gasteiger partial charge on any atom is -0.381 e. The van der Waals surface area contributed by atoms with Crippen LogP contribution in [0.15, 0.2) is 55.1 Å². The first-order chi connectivity index (χ1) is 10.2. The van der Waals surface area contributed by atoms with E-state index in [0.29, 0.717) is 11.6 Å². The Kier molecular flexibility index (Phi) is 3.83. The van der Waals surface area contributed by atoms with Gasteiger partial charge in [-0.2, -0.15) is 5.10 Å². The van der Waals surface area contributed by atoms with Crippen molar-refractivity contribution in [1.82, 2.24) is 14.8 Å². The van der Waals surface area contributed by atoms with Crippen LogP contribution < -0.4 is 5.32 Å². The van der Waals surface area contributed by atoms with Crippen LogP contribution in [0.4, 0.5) is 10.1 Å². The van der Waals surface area contributed by atoms with Crippen molar-refractivity contribution >= 4 is 17.3 Å². The van der Waals surface area contributed by atoms with Crippen LogP contribution in [0.5, 0.6) is 0 Å². The fourth-order valence-corrected chi connectivity index (χ4v) is 2.24. The average molecular weight is 303 g/mol. The van der Waals surface area contributed by atoms with E-state index in [4.69, 9.17) is 11.6 Å². The van der Waals surface area contributed by atoms with Crippen molar-refractivity contribution in [3.05, 3.63) is 71.5 Å². The number of anilines is 1. The van der Waals surface area contributed by atoms with Crippen molar-refractivity contribution in [2.24, 2.45) is 0 Å². The Morgan fingerprint density at radius 2 is 1.95 bits per heavy atom. The molecular formula is C15H12ClFN4. The van der Waals surface area contributed by atoms with Crippen molar-refractivity contribution in [2.45, 2.75) is 6.54 Å². The van der Waals surface area contributed by atoms with Crippen molar-refractivity contribution in [1.29, 1.82) is 0 Å². The molecule has 6 heteroatoms. The maximum absolute atomic E-state index is 13.2. The quantitative estimate of drug-likeness (QED) is 0.799. The van der Waals surface area contributed by atoms with E-state index in [1.54, 1.807) is 17.1 Å². The van der Waals surface area contributed by atoms with Crippen LogP contribution in [0.1, 0.15) is 5.56 Å². The molecule has 2 aromatic carbocycles. The number of halogens is 2. The number of aromatic nitrogens is 3. The monoisotopic (exact) mass is 302 g/mol. The molecule has 0 aliphatic heterocycles. The summed E-state index contributed by atoms with van der Waals surface area (Å²) < 4.78 is 14.9. The first-order valence-electron chi connectivity index (χ1n) is 6.34. The van der Waals surface area contributed by atoms with Crippen molar-refractivity contribution in [3.8, 4) is 5.69 Å². The van der Waals surface area contributed by atoms with Gasteiger partial charge in [0.1, 0.15) is 18.5 Å². The third-order valence-electron chi connectivity index (χ3n) is 2.97. The summed E-state index contributed by atoms with van der Waals surface area (Å²) in [4.78, 5) is 3.90. The molecular weight excluding hydrogens is 291 g/mol. The van der Waals surface area contributed by atoms with Crippen molar-refractivity contribution in [3.63, 3.8) is 0 Å². The molecule has 0 amide bonds. The molecule has 1 heterocycles. The zero-order chi connectivity index (χ0) is 14.7. The standard InChI is InChI=1S/C15H12ClFN4/c16-12-5-11(6-13(17)7-12)8-19-14-1-3-15(4-2-14)21-10-18-9-20-21/h1-7,9-10,19H,8H2. The van der Waals surface area contributed by atoms with E-state index in [0.717, 1.165) is 16.9 Å². The molecule has 0 aliphatic rings. The molecule has 0 aliphatic carbocycles. The Morgan fingerprint density at radius 3 is 2.62 bits per heavy atom. The molecule has 0 saturated carbocycles. The van der Waals surface area contributed by atoms with Gasteiger partial charge in [-0.15, -0.1) is 0 Å². The maximum Gasteiger partial charge on any atom is 0.138 e. The Bertz CT molecular complexity index is 706. The minimum absolute atomic E-state index is 0.333. The van der Waals surface area contributed by atoms with Crippen molar-refractivity contribution < 1.29 is 4.39 Å². The fraction of sp³-hybridized carbons (Fsp3) is 0.0667. The van der Waals surface area contributed by atoms with Gasteiger partial charge in [0.05, 0.1) is 5.69 Å². The summed E-state index contributed by atoms with van der Waals surface area (Å²) in [5.41, 5.74) is 2.64. The molecule has 3 aromatic rings. The van der Waals surface area contributed by atoms with Gasteiger partial charge in [-0.05, 0) is 48.0 Å². The molecule has 1 N–H and O–H groups in total. The summed E-state index contributed by atoms with van der Waals surface area (Å²) in [5.74, 6) is -0.333. The molecule has 0 saturated heterocycles. The largest absolute Gasteiger partial charge is 0.381 e. The Labute approximate surface area is 126 Å². The molecule has 0 atom stereocenters. The van der Waals surface area contributed by atoms with Crippen LogP contribution in [0.25, 0.3) is 5.69 Å². The second-order valence-corrected chi connectivity index (χ2v) is 4.95. The number of nitrogens with zero attached hydrogens (tertiary/aromatic N) is 3. The number of rotatable bonds is 4. The smallest absolute Gasteiger partial charge is 0.138 e. The molecule has 106 valence electrons. The van der Waals surface area contributed by atoms with Gasteiger partial charge < -0.3 is 5.32 Å². The van der Waals surface area contributed by atoms with E-state index < -0.39 is 0 Å². The van der Waals surface area contributed by atoms with E-state index >= 15 is 0 Å².